The quantitative estimate of drug-likeness (QED) is 0.527. The Morgan fingerprint density at radius 1 is 1.12 bits per heavy atom. The number of fused-ring (bicyclic) bond motifs is 1. The van der Waals surface area contributed by atoms with Gasteiger partial charge in [-0.25, -0.2) is 0 Å². The van der Waals surface area contributed by atoms with Crippen LogP contribution >= 0.6 is 0 Å². The second-order valence-corrected chi connectivity index (χ2v) is 6.25. The van der Waals surface area contributed by atoms with Crippen LogP contribution in [0.25, 0.3) is 11.6 Å². The highest BCUT2D eigenvalue weighted by Crippen LogP contribution is 2.36. The van der Waals surface area contributed by atoms with Gasteiger partial charge in [0.1, 0.15) is 0 Å². The molecule has 2 aliphatic rings. The summed E-state index contributed by atoms with van der Waals surface area (Å²) in [7, 11) is 0. The Morgan fingerprint density at radius 3 is 2.64 bits per heavy atom. The zero-order valence-corrected chi connectivity index (χ0v) is 13.6. The van der Waals surface area contributed by atoms with Crippen LogP contribution in [0.1, 0.15) is 24.0 Å². The van der Waals surface area contributed by atoms with E-state index in [1.165, 1.54) is 6.07 Å². The minimum absolute atomic E-state index is 0.0292. The molecular formula is C19H17N3O3. The van der Waals surface area contributed by atoms with Crippen molar-refractivity contribution in [2.24, 2.45) is 0 Å². The van der Waals surface area contributed by atoms with Gasteiger partial charge in [0.25, 0.3) is 11.6 Å². The molecule has 6 nitrogen and oxygen atoms in total. The molecule has 1 saturated heterocycles. The summed E-state index contributed by atoms with van der Waals surface area (Å²) in [5.41, 5.74) is 3.81. The van der Waals surface area contributed by atoms with Crippen molar-refractivity contribution in [3.63, 3.8) is 0 Å². The number of anilines is 2. The van der Waals surface area contributed by atoms with Crippen LogP contribution < -0.4 is 10.2 Å². The van der Waals surface area contributed by atoms with Crippen LogP contribution in [0.3, 0.4) is 0 Å². The Balaban J connectivity index is 1.84. The van der Waals surface area contributed by atoms with Gasteiger partial charge in [-0.05, 0) is 31.1 Å². The number of para-hydroxylation sites is 1. The number of rotatable bonds is 3. The molecule has 0 bridgehead atoms. The smallest absolute Gasteiger partial charge is 0.270 e. The molecule has 126 valence electrons. The summed E-state index contributed by atoms with van der Waals surface area (Å²) in [6.45, 7) is 1.85. The molecule has 1 N–H and O–H groups in total. The molecule has 0 radical (unpaired) electrons. The lowest BCUT2D eigenvalue weighted by Gasteiger charge is -2.20. The summed E-state index contributed by atoms with van der Waals surface area (Å²) in [6.07, 6.45) is 3.98. The number of nitro groups is 1. The first-order valence-electron chi connectivity index (χ1n) is 8.29. The first kappa shape index (κ1) is 15.4. The lowest BCUT2D eigenvalue weighted by molar-refractivity contribution is -0.384. The molecule has 2 heterocycles. The molecule has 1 amide bonds. The average molecular weight is 335 g/mol. The maximum absolute atomic E-state index is 12.4. The molecule has 0 spiro atoms. The summed E-state index contributed by atoms with van der Waals surface area (Å²) in [5, 5.41) is 14.0. The third-order valence-corrected chi connectivity index (χ3v) is 4.68. The molecule has 0 unspecified atom stereocenters. The van der Waals surface area contributed by atoms with E-state index in [2.05, 4.69) is 10.2 Å². The maximum Gasteiger partial charge on any atom is 0.270 e. The lowest BCUT2D eigenvalue weighted by atomic mass is 10.0. The predicted molar refractivity (Wildman–Crippen MR) is 97.5 cm³/mol. The summed E-state index contributed by atoms with van der Waals surface area (Å²) >= 11 is 0. The van der Waals surface area contributed by atoms with Crippen LogP contribution in [0, 0.1) is 10.1 Å². The Bertz CT molecular complexity index is 899. The van der Waals surface area contributed by atoms with Crippen molar-refractivity contribution in [3.8, 4) is 0 Å². The zero-order valence-electron chi connectivity index (χ0n) is 13.6. The van der Waals surface area contributed by atoms with Crippen molar-refractivity contribution in [2.75, 3.05) is 23.3 Å². The lowest BCUT2D eigenvalue weighted by Crippen LogP contribution is -2.18. The number of nitrogens with one attached hydrogen (secondary N) is 1. The van der Waals surface area contributed by atoms with Crippen molar-refractivity contribution in [2.45, 2.75) is 12.8 Å². The van der Waals surface area contributed by atoms with Crippen LogP contribution in [0.5, 0.6) is 0 Å². The number of carbonyl (C=O) groups is 1. The van der Waals surface area contributed by atoms with Gasteiger partial charge in [0.05, 0.1) is 4.92 Å². The topological polar surface area (TPSA) is 75.5 Å². The molecule has 2 aromatic rings. The fourth-order valence-electron chi connectivity index (χ4n) is 3.45. The molecule has 0 atom stereocenters. The number of non-ortho nitro benzene ring substituents is 1. The van der Waals surface area contributed by atoms with Crippen LogP contribution in [0.2, 0.25) is 0 Å². The molecule has 6 heteroatoms. The molecule has 2 aromatic carbocycles. The zero-order chi connectivity index (χ0) is 17.4. The van der Waals surface area contributed by atoms with Crippen LogP contribution in [0.4, 0.5) is 17.1 Å². The van der Waals surface area contributed by atoms with Gasteiger partial charge in [0, 0.05) is 53.3 Å². The van der Waals surface area contributed by atoms with Crippen molar-refractivity contribution in [1.29, 1.82) is 0 Å². The van der Waals surface area contributed by atoms with Gasteiger partial charge < -0.3 is 10.2 Å². The Kier molecular flexibility index (Phi) is 3.72. The van der Waals surface area contributed by atoms with Gasteiger partial charge >= 0.3 is 0 Å². The van der Waals surface area contributed by atoms with Crippen molar-refractivity contribution >= 4 is 34.6 Å². The van der Waals surface area contributed by atoms with Gasteiger partial charge in [-0.1, -0.05) is 18.2 Å². The van der Waals surface area contributed by atoms with Gasteiger partial charge in [0.2, 0.25) is 0 Å². The van der Waals surface area contributed by atoms with Gasteiger partial charge in [-0.3, -0.25) is 14.9 Å². The van der Waals surface area contributed by atoms with E-state index in [0.29, 0.717) is 11.1 Å². The van der Waals surface area contributed by atoms with Gasteiger partial charge in [0.15, 0.2) is 0 Å². The Morgan fingerprint density at radius 2 is 1.88 bits per heavy atom. The van der Waals surface area contributed by atoms with Crippen molar-refractivity contribution < 1.29 is 9.72 Å². The van der Waals surface area contributed by atoms with Crippen molar-refractivity contribution in [1.82, 2.24) is 0 Å². The maximum atomic E-state index is 12.4. The molecule has 4 rings (SSSR count). The number of carbonyl (C=O) groups excluding carboxylic acids is 1. The summed E-state index contributed by atoms with van der Waals surface area (Å²) in [6, 6.07) is 12.3. The first-order chi connectivity index (χ1) is 12.1. The second-order valence-electron chi connectivity index (χ2n) is 6.25. The molecule has 25 heavy (non-hydrogen) atoms. The van der Waals surface area contributed by atoms with E-state index in [1.807, 2.05) is 24.3 Å². The highest BCUT2D eigenvalue weighted by atomic mass is 16.6. The fraction of sp³-hybridized carbons (Fsp3) is 0.211. The predicted octanol–water partition coefficient (Wildman–Crippen LogP) is 3.69. The van der Waals surface area contributed by atoms with Crippen LogP contribution in [-0.2, 0) is 4.79 Å². The minimum atomic E-state index is -0.404. The highest BCUT2D eigenvalue weighted by Gasteiger charge is 2.25. The standard InChI is InChI=1S/C19H17N3O3/c23-19-16(15-5-1-2-6-17(15)20-19)12-13-11-14(22(24)25)7-8-18(13)21-9-3-4-10-21/h1-2,5-8,11-12H,3-4,9-10H2,(H,20,23). The van der Waals surface area contributed by atoms with E-state index in [4.69, 9.17) is 0 Å². The highest BCUT2D eigenvalue weighted by molar-refractivity contribution is 6.35. The molecule has 2 aliphatic heterocycles. The Labute approximate surface area is 144 Å². The van der Waals surface area contributed by atoms with Crippen LogP contribution in [0.15, 0.2) is 42.5 Å². The summed E-state index contributed by atoms with van der Waals surface area (Å²) < 4.78 is 0. The van der Waals surface area contributed by atoms with Crippen molar-refractivity contribution in [3.05, 3.63) is 63.7 Å². The van der Waals surface area contributed by atoms with E-state index in [1.54, 1.807) is 18.2 Å². The number of hydrogen-bond donors (Lipinski definition) is 1. The molecule has 0 aliphatic carbocycles. The SMILES string of the molecule is O=C1Nc2ccccc2C1=Cc1cc([N+](=O)[O-])ccc1N1CCCC1. The number of benzene rings is 2. The van der Waals surface area contributed by atoms with E-state index >= 15 is 0 Å². The van der Waals surface area contributed by atoms with Crippen LogP contribution in [-0.4, -0.2) is 23.9 Å². The van der Waals surface area contributed by atoms with E-state index in [9.17, 15) is 14.9 Å². The number of nitrogens with zero attached hydrogens (tertiary/aromatic N) is 2. The number of hydrogen-bond acceptors (Lipinski definition) is 4. The normalized spacial score (nSPS) is 17.7. The molecular weight excluding hydrogens is 318 g/mol. The monoisotopic (exact) mass is 335 g/mol. The van der Waals surface area contributed by atoms with E-state index < -0.39 is 4.92 Å². The van der Waals surface area contributed by atoms with E-state index in [-0.39, 0.29) is 11.6 Å². The Hall–Kier alpha value is -3.15. The molecule has 0 aromatic heterocycles. The van der Waals surface area contributed by atoms with Gasteiger partial charge in [-0.15, -0.1) is 0 Å². The molecule has 0 saturated carbocycles. The second kappa shape index (κ2) is 6.05. The third kappa shape index (κ3) is 2.76. The third-order valence-electron chi connectivity index (χ3n) is 4.68. The van der Waals surface area contributed by atoms with E-state index in [0.717, 1.165) is 42.9 Å². The fourth-order valence-corrected chi connectivity index (χ4v) is 3.45. The molecule has 1 fully saturated rings. The minimum Gasteiger partial charge on any atom is -0.371 e. The number of amides is 1. The van der Waals surface area contributed by atoms with Gasteiger partial charge in [-0.2, -0.15) is 0 Å². The average Bonchev–Trinajstić information content (AvgIpc) is 3.24. The summed E-state index contributed by atoms with van der Waals surface area (Å²) in [4.78, 5) is 25.4. The number of nitro benzene ring substituents is 1. The largest absolute Gasteiger partial charge is 0.371 e. The first-order valence-corrected chi connectivity index (χ1v) is 8.29. The summed E-state index contributed by atoms with van der Waals surface area (Å²) in [5.74, 6) is -0.180.